The minimum absolute atomic E-state index is 0.124. The zero-order valence-corrected chi connectivity index (χ0v) is 15.0. The molecular formula is C21H24N2O3. The van der Waals surface area contributed by atoms with Gasteiger partial charge in [0.25, 0.3) is 0 Å². The van der Waals surface area contributed by atoms with E-state index in [9.17, 15) is 4.79 Å². The fourth-order valence-electron chi connectivity index (χ4n) is 2.28. The number of hydrogen-bond acceptors (Lipinski definition) is 4. The van der Waals surface area contributed by atoms with E-state index in [1.165, 1.54) is 0 Å². The number of carbonyl (C=O) groups excluding carboxylic acids is 1. The number of rotatable bonds is 10. The predicted molar refractivity (Wildman–Crippen MR) is 104 cm³/mol. The Morgan fingerprint density at radius 3 is 2.69 bits per heavy atom. The van der Waals surface area contributed by atoms with Crippen molar-refractivity contribution in [2.75, 3.05) is 13.2 Å². The van der Waals surface area contributed by atoms with E-state index in [0.717, 1.165) is 11.1 Å². The van der Waals surface area contributed by atoms with Crippen molar-refractivity contribution in [3.63, 3.8) is 0 Å². The quantitative estimate of drug-likeness (QED) is 0.403. The summed E-state index contributed by atoms with van der Waals surface area (Å²) in [5.74, 6) is 1.16. The van der Waals surface area contributed by atoms with Crippen molar-refractivity contribution in [1.29, 1.82) is 0 Å². The van der Waals surface area contributed by atoms with Crippen LogP contribution in [0.4, 0.5) is 0 Å². The third kappa shape index (κ3) is 6.43. The minimum Gasteiger partial charge on any atom is -0.490 e. The molecule has 0 saturated carbocycles. The number of aryl methyl sites for hydroxylation is 1. The fraction of sp³-hybridized carbons (Fsp3) is 0.238. The van der Waals surface area contributed by atoms with Crippen LogP contribution in [0, 0.1) is 0 Å². The Kier molecular flexibility index (Phi) is 7.93. The monoisotopic (exact) mass is 352 g/mol. The summed E-state index contributed by atoms with van der Waals surface area (Å²) in [6.45, 7) is 6.48. The van der Waals surface area contributed by atoms with Gasteiger partial charge in [-0.05, 0) is 42.7 Å². The molecule has 0 heterocycles. The number of carbonyl (C=O) groups is 1. The van der Waals surface area contributed by atoms with Crippen LogP contribution in [0.1, 0.15) is 24.5 Å². The first kappa shape index (κ1) is 19.2. The molecule has 1 amide bonds. The van der Waals surface area contributed by atoms with Crippen LogP contribution in [0.2, 0.25) is 0 Å². The minimum atomic E-state index is -0.124. The Hall–Kier alpha value is -3.08. The van der Waals surface area contributed by atoms with Gasteiger partial charge in [0.15, 0.2) is 11.5 Å². The molecule has 0 bridgehead atoms. The lowest BCUT2D eigenvalue weighted by atomic mass is 10.1. The van der Waals surface area contributed by atoms with Crippen LogP contribution in [0.5, 0.6) is 11.5 Å². The molecular weight excluding hydrogens is 328 g/mol. The molecule has 2 aromatic carbocycles. The van der Waals surface area contributed by atoms with E-state index in [1.807, 2.05) is 55.5 Å². The van der Waals surface area contributed by atoms with Gasteiger partial charge in [-0.25, -0.2) is 5.43 Å². The molecule has 5 nitrogen and oxygen atoms in total. The third-order valence-electron chi connectivity index (χ3n) is 3.51. The van der Waals surface area contributed by atoms with Crippen molar-refractivity contribution in [3.8, 4) is 11.5 Å². The van der Waals surface area contributed by atoms with Gasteiger partial charge in [-0.3, -0.25) is 4.79 Å². The summed E-state index contributed by atoms with van der Waals surface area (Å²) < 4.78 is 11.1. The van der Waals surface area contributed by atoms with Crippen molar-refractivity contribution >= 4 is 12.1 Å². The second kappa shape index (κ2) is 10.7. The molecule has 0 aliphatic rings. The molecule has 0 radical (unpaired) electrons. The van der Waals surface area contributed by atoms with Crippen LogP contribution in [-0.4, -0.2) is 25.3 Å². The lowest BCUT2D eigenvalue weighted by molar-refractivity contribution is -0.121. The van der Waals surface area contributed by atoms with Gasteiger partial charge < -0.3 is 9.47 Å². The maximum absolute atomic E-state index is 11.9. The third-order valence-corrected chi connectivity index (χ3v) is 3.51. The molecule has 136 valence electrons. The summed E-state index contributed by atoms with van der Waals surface area (Å²) in [6, 6.07) is 15.4. The number of nitrogens with one attached hydrogen (secondary N) is 1. The van der Waals surface area contributed by atoms with Crippen LogP contribution >= 0.6 is 0 Å². The number of nitrogens with zero attached hydrogens (tertiary/aromatic N) is 1. The van der Waals surface area contributed by atoms with Gasteiger partial charge in [0, 0.05) is 6.42 Å². The predicted octanol–water partition coefficient (Wildman–Crippen LogP) is 3.73. The van der Waals surface area contributed by atoms with Crippen molar-refractivity contribution in [2.24, 2.45) is 5.10 Å². The van der Waals surface area contributed by atoms with Gasteiger partial charge in [-0.15, -0.1) is 0 Å². The molecule has 0 fully saturated rings. The van der Waals surface area contributed by atoms with E-state index >= 15 is 0 Å². The molecule has 0 saturated heterocycles. The highest BCUT2D eigenvalue weighted by Gasteiger charge is 2.05. The average molecular weight is 352 g/mol. The van der Waals surface area contributed by atoms with Crippen molar-refractivity contribution in [3.05, 3.63) is 72.3 Å². The zero-order valence-electron chi connectivity index (χ0n) is 15.0. The summed E-state index contributed by atoms with van der Waals surface area (Å²) in [6.07, 6.45) is 4.34. The van der Waals surface area contributed by atoms with E-state index in [0.29, 0.717) is 37.6 Å². The fourth-order valence-corrected chi connectivity index (χ4v) is 2.28. The van der Waals surface area contributed by atoms with Crippen LogP contribution in [0.15, 0.2) is 66.3 Å². The standard InChI is InChI=1S/C21H24N2O3/c1-3-14-26-19-12-10-18(15-20(19)25-4-2)16-22-23-21(24)13-11-17-8-6-5-7-9-17/h3,5-10,12,15-16H,1,4,11,13-14H2,2H3,(H,23,24)/b22-16-. The Morgan fingerprint density at radius 1 is 1.15 bits per heavy atom. The summed E-state index contributed by atoms with van der Waals surface area (Å²) in [7, 11) is 0. The molecule has 0 spiro atoms. The van der Waals surface area contributed by atoms with E-state index in [4.69, 9.17) is 9.47 Å². The Balaban J connectivity index is 1.89. The lowest BCUT2D eigenvalue weighted by Gasteiger charge is -2.11. The average Bonchev–Trinajstić information content (AvgIpc) is 2.67. The van der Waals surface area contributed by atoms with E-state index in [-0.39, 0.29) is 5.91 Å². The SMILES string of the molecule is C=CCOc1ccc(/C=N\NC(=O)CCc2ccccc2)cc1OCC. The molecule has 0 aliphatic carbocycles. The van der Waals surface area contributed by atoms with Crippen LogP contribution < -0.4 is 14.9 Å². The lowest BCUT2D eigenvalue weighted by Crippen LogP contribution is -2.17. The second-order valence-electron chi connectivity index (χ2n) is 5.52. The molecule has 2 aromatic rings. The first-order valence-electron chi connectivity index (χ1n) is 8.59. The van der Waals surface area contributed by atoms with E-state index in [1.54, 1.807) is 12.3 Å². The maximum atomic E-state index is 11.9. The number of amides is 1. The highest BCUT2D eigenvalue weighted by molar-refractivity contribution is 5.83. The van der Waals surface area contributed by atoms with E-state index in [2.05, 4.69) is 17.1 Å². The second-order valence-corrected chi connectivity index (χ2v) is 5.52. The van der Waals surface area contributed by atoms with Gasteiger partial charge >= 0.3 is 0 Å². The largest absolute Gasteiger partial charge is 0.490 e. The summed E-state index contributed by atoms with van der Waals surface area (Å²) in [5, 5.41) is 4.01. The highest BCUT2D eigenvalue weighted by atomic mass is 16.5. The normalized spacial score (nSPS) is 10.5. The molecule has 5 heteroatoms. The van der Waals surface area contributed by atoms with Gasteiger partial charge in [-0.2, -0.15) is 5.10 Å². The first-order chi connectivity index (χ1) is 12.7. The van der Waals surface area contributed by atoms with Crippen molar-refractivity contribution < 1.29 is 14.3 Å². The molecule has 0 aromatic heterocycles. The number of hydrazone groups is 1. The Morgan fingerprint density at radius 2 is 1.96 bits per heavy atom. The number of hydrogen-bond donors (Lipinski definition) is 1. The highest BCUT2D eigenvalue weighted by Crippen LogP contribution is 2.28. The van der Waals surface area contributed by atoms with Gasteiger partial charge in [-0.1, -0.05) is 43.0 Å². The Bertz CT molecular complexity index is 742. The maximum Gasteiger partial charge on any atom is 0.240 e. The van der Waals surface area contributed by atoms with E-state index < -0.39 is 0 Å². The molecule has 1 N–H and O–H groups in total. The molecule has 0 aliphatic heterocycles. The van der Waals surface area contributed by atoms with Gasteiger partial charge in [0.1, 0.15) is 6.61 Å². The Labute approximate surface area is 154 Å². The van der Waals surface area contributed by atoms with Crippen LogP contribution in [-0.2, 0) is 11.2 Å². The molecule has 2 rings (SSSR count). The van der Waals surface area contributed by atoms with Crippen molar-refractivity contribution in [2.45, 2.75) is 19.8 Å². The van der Waals surface area contributed by atoms with Gasteiger partial charge in [0.05, 0.1) is 12.8 Å². The number of benzene rings is 2. The topological polar surface area (TPSA) is 59.9 Å². The summed E-state index contributed by atoms with van der Waals surface area (Å²) >= 11 is 0. The molecule has 26 heavy (non-hydrogen) atoms. The number of ether oxygens (including phenoxy) is 2. The van der Waals surface area contributed by atoms with Crippen LogP contribution in [0.3, 0.4) is 0 Å². The first-order valence-corrected chi connectivity index (χ1v) is 8.59. The van der Waals surface area contributed by atoms with Crippen LogP contribution in [0.25, 0.3) is 0 Å². The van der Waals surface area contributed by atoms with Crippen molar-refractivity contribution in [1.82, 2.24) is 5.43 Å². The summed E-state index contributed by atoms with van der Waals surface area (Å²) in [5.41, 5.74) is 4.48. The molecule has 0 atom stereocenters. The molecule has 0 unspecified atom stereocenters. The summed E-state index contributed by atoms with van der Waals surface area (Å²) in [4.78, 5) is 11.9. The van der Waals surface area contributed by atoms with Gasteiger partial charge in [0.2, 0.25) is 5.91 Å². The smallest absolute Gasteiger partial charge is 0.240 e. The zero-order chi connectivity index (χ0) is 18.6.